The molecule has 0 radical (unpaired) electrons. The molecule has 0 N–H and O–H groups in total. The highest BCUT2D eigenvalue weighted by molar-refractivity contribution is 6.30. The van der Waals surface area contributed by atoms with E-state index in [1.807, 2.05) is 0 Å². The van der Waals surface area contributed by atoms with E-state index in [4.69, 9.17) is 30.5 Å². The molecule has 3 aromatic rings. The Bertz CT molecular complexity index is 1020. The molecule has 2 amide bonds. The van der Waals surface area contributed by atoms with Crippen LogP contribution in [-0.4, -0.2) is 45.2 Å². The number of ether oxygens (including phenoxy) is 4. The first-order valence-electron chi connectivity index (χ1n) is 9.36. The zero-order valence-electron chi connectivity index (χ0n) is 17.9. The topological polar surface area (TPSA) is 87.2 Å². The average molecular weight is 457 g/mol. The Balaban J connectivity index is 2.14. The van der Waals surface area contributed by atoms with E-state index in [0.717, 1.165) is 4.90 Å². The Morgan fingerprint density at radius 2 is 1.12 bits per heavy atom. The van der Waals surface area contributed by atoms with Crippen molar-refractivity contribution in [3.8, 4) is 23.0 Å². The number of anilines is 1. The van der Waals surface area contributed by atoms with Crippen molar-refractivity contribution in [1.82, 2.24) is 4.98 Å². The van der Waals surface area contributed by atoms with Gasteiger partial charge in [-0.25, -0.2) is 9.88 Å². The molecule has 1 heterocycles. The van der Waals surface area contributed by atoms with Crippen LogP contribution in [0.5, 0.6) is 23.0 Å². The highest BCUT2D eigenvalue weighted by atomic mass is 35.5. The van der Waals surface area contributed by atoms with Crippen LogP contribution >= 0.6 is 11.6 Å². The number of pyridine rings is 1. The van der Waals surface area contributed by atoms with Crippen molar-refractivity contribution in [3.63, 3.8) is 0 Å². The van der Waals surface area contributed by atoms with Crippen molar-refractivity contribution in [2.24, 2.45) is 0 Å². The number of hydrogen-bond donors (Lipinski definition) is 0. The molecule has 8 nitrogen and oxygen atoms in total. The van der Waals surface area contributed by atoms with Gasteiger partial charge in [-0.15, -0.1) is 0 Å². The van der Waals surface area contributed by atoms with Crippen molar-refractivity contribution in [3.05, 3.63) is 70.9 Å². The summed E-state index contributed by atoms with van der Waals surface area (Å²) in [5.41, 5.74) is 0.335. The summed E-state index contributed by atoms with van der Waals surface area (Å²) in [6, 6.07) is 12.3. The molecule has 9 heteroatoms. The lowest BCUT2D eigenvalue weighted by atomic mass is 10.1. The maximum Gasteiger partial charge on any atom is 0.266 e. The Morgan fingerprint density at radius 3 is 1.44 bits per heavy atom. The molecule has 3 rings (SSSR count). The van der Waals surface area contributed by atoms with E-state index in [1.165, 1.54) is 71.0 Å². The third kappa shape index (κ3) is 4.92. The van der Waals surface area contributed by atoms with Gasteiger partial charge in [-0.1, -0.05) is 11.6 Å². The van der Waals surface area contributed by atoms with Gasteiger partial charge in [0.15, 0.2) is 0 Å². The van der Waals surface area contributed by atoms with Crippen LogP contribution in [0.25, 0.3) is 0 Å². The number of hydrogen-bond acceptors (Lipinski definition) is 7. The Labute approximate surface area is 190 Å². The number of carbonyl (C=O) groups excluding carboxylic acids is 2. The van der Waals surface area contributed by atoms with E-state index in [-0.39, 0.29) is 16.9 Å². The van der Waals surface area contributed by atoms with Crippen LogP contribution in [-0.2, 0) is 0 Å². The van der Waals surface area contributed by atoms with E-state index in [9.17, 15) is 9.59 Å². The standard InChI is InChI=1S/C23H21ClN2O6/c1-29-17-7-14(8-18(11-17)30-2)22(27)26(21-6-5-16(24)13-25-21)23(28)15-9-19(31-3)12-20(10-15)32-4/h5-13H,1-4H3. The molecular weight excluding hydrogens is 436 g/mol. The third-order valence-electron chi connectivity index (χ3n) is 4.54. The van der Waals surface area contributed by atoms with E-state index in [0.29, 0.717) is 28.0 Å². The van der Waals surface area contributed by atoms with E-state index in [2.05, 4.69) is 4.98 Å². The monoisotopic (exact) mass is 456 g/mol. The molecule has 0 aliphatic rings. The summed E-state index contributed by atoms with van der Waals surface area (Å²) in [6.07, 6.45) is 1.35. The normalized spacial score (nSPS) is 10.3. The van der Waals surface area contributed by atoms with Crippen LogP contribution in [0.2, 0.25) is 5.02 Å². The molecule has 0 aliphatic heterocycles. The molecule has 32 heavy (non-hydrogen) atoms. The zero-order valence-corrected chi connectivity index (χ0v) is 18.7. The zero-order chi connectivity index (χ0) is 23.3. The second-order valence-corrected chi connectivity index (χ2v) is 6.92. The third-order valence-corrected chi connectivity index (χ3v) is 4.77. The fourth-order valence-electron chi connectivity index (χ4n) is 2.92. The fourth-order valence-corrected chi connectivity index (χ4v) is 3.03. The average Bonchev–Trinajstić information content (AvgIpc) is 2.84. The van der Waals surface area contributed by atoms with Gasteiger partial charge in [0.2, 0.25) is 0 Å². The number of benzene rings is 2. The summed E-state index contributed by atoms with van der Waals surface area (Å²) >= 11 is 5.95. The second kappa shape index (κ2) is 10.0. The summed E-state index contributed by atoms with van der Waals surface area (Å²) in [6.45, 7) is 0. The van der Waals surface area contributed by atoms with E-state index in [1.54, 1.807) is 12.1 Å². The van der Waals surface area contributed by atoms with Crippen LogP contribution in [0.15, 0.2) is 54.7 Å². The van der Waals surface area contributed by atoms with Crippen molar-refractivity contribution < 1.29 is 28.5 Å². The van der Waals surface area contributed by atoms with Crippen LogP contribution in [0.1, 0.15) is 20.7 Å². The summed E-state index contributed by atoms with van der Waals surface area (Å²) in [4.78, 5) is 32.2. The molecule has 0 spiro atoms. The van der Waals surface area contributed by atoms with E-state index < -0.39 is 11.8 Å². The minimum Gasteiger partial charge on any atom is -0.497 e. The van der Waals surface area contributed by atoms with Gasteiger partial charge in [-0.05, 0) is 36.4 Å². The molecular formula is C23H21ClN2O6. The van der Waals surface area contributed by atoms with Crippen LogP contribution in [0.3, 0.4) is 0 Å². The second-order valence-electron chi connectivity index (χ2n) is 6.48. The minimum atomic E-state index is -0.635. The molecule has 0 bridgehead atoms. The number of aromatic nitrogens is 1. The molecule has 0 atom stereocenters. The number of methoxy groups -OCH3 is 4. The Kier molecular flexibility index (Phi) is 7.17. The van der Waals surface area contributed by atoms with Gasteiger partial charge in [-0.2, -0.15) is 0 Å². The largest absolute Gasteiger partial charge is 0.497 e. The molecule has 166 valence electrons. The van der Waals surface area contributed by atoms with Crippen LogP contribution in [0, 0.1) is 0 Å². The highest BCUT2D eigenvalue weighted by Gasteiger charge is 2.29. The quantitative estimate of drug-likeness (QED) is 0.491. The fraction of sp³-hybridized carbons (Fsp3) is 0.174. The molecule has 0 fully saturated rings. The number of imide groups is 1. The molecule has 0 saturated carbocycles. The molecule has 2 aromatic carbocycles. The summed E-state index contributed by atoms with van der Waals surface area (Å²) in [7, 11) is 5.87. The minimum absolute atomic E-state index is 0.0907. The van der Waals surface area contributed by atoms with Crippen molar-refractivity contribution >= 4 is 29.2 Å². The lowest BCUT2D eigenvalue weighted by Gasteiger charge is -2.21. The van der Waals surface area contributed by atoms with Crippen molar-refractivity contribution in [2.45, 2.75) is 0 Å². The number of rotatable bonds is 7. The lowest BCUT2D eigenvalue weighted by Crippen LogP contribution is -2.37. The molecule has 0 unspecified atom stereocenters. The maximum absolute atomic E-state index is 13.5. The summed E-state index contributed by atoms with van der Waals surface area (Å²) in [5.74, 6) is 0.402. The van der Waals surface area contributed by atoms with Gasteiger partial charge in [0.1, 0.15) is 28.8 Å². The smallest absolute Gasteiger partial charge is 0.266 e. The van der Waals surface area contributed by atoms with Crippen molar-refractivity contribution in [2.75, 3.05) is 33.3 Å². The molecule has 0 saturated heterocycles. The number of amides is 2. The van der Waals surface area contributed by atoms with Crippen LogP contribution < -0.4 is 23.8 Å². The predicted octanol–water partition coefficient (Wildman–Crippen LogP) is 4.26. The van der Waals surface area contributed by atoms with Crippen LogP contribution in [0.4, 0.5) is 5.82 Å². The Hall–Kier alpha value is -3.78. The van der Waals surface area contributed by atoms with Gasteiger partial charge < -0.3 is 18.9 Å². The summed E-state index contributed by atoms with van der Waals surface area (Å²) < 4.78 is 21.0. The van der Waals surface area contributed by atoms with E-state index >= 15 is 0 Å². The summed E-state index contributed by atoms with van der Waals surface area (Å²) in [5, 5.41) is 0.361. The van der Waals surface area contributed by atoms with Crippen molar-refractivity contribution in [1.29, 1.82) is 0 Å². The molecule has 0 aliphatic carbocycles. The maximum atomic E-state index is 13.5. The first-order chi connectivity index (χ1) is 15.4. The number of halogens is 1. The van der Waals surface area contributed by atoms with Gasteiger partial charge in [0.25, 0.3) is 11.8 Å². The SMILES string of the molecule is COc1cc(OC)cc(C(=O)N(C(=O)c2cc(OC)cc(OC)c2)c2ccc(Cl)cn2)c1. The number of nitrogens with zero attached hydrogens (tertiary/aromatic N) is 2. The van der Waals surface area contributed by atoms with Gasteiger partial charge in [0.05, 0.1) is 33.5 Å². The van der Waals surface area contributed by atoms with Gasteiger partial charge in [-0.3, -0.25) is 9.59 Å². The van der Waals surface area contributed by atoms with Gasteiger partial charge >= 0.3 is 0 Å². The Morgan fingerprint density at radius 1 is 0.719 bits per heavy atom. The van der Waals surface area contributed by atoms with Gasteiger partial charge in [0, 0.05) is 29.5 Å². The highest BCUT2D eigenvalue weighted by Crippen LogP contribution is 2.28. The first-order valence-corrected chi connectivity index (χ1v) is 9.74. The lowest BCUT2D eigenvalue weighted by molar-refractivity contribution is 0.0895. The molecule has 1 aromatic heterocycles. The predicted molar refractivity (Wildman–Crippen MR) is 119 cm³/mol. The number of carbonyl (C=O) groups is 2. The first kappa shape index (κ1) is 22.9.